The Kier molecular flexibility index (Phi) is 8.44. The fourth-order valence-corrected chi connectivity index (χ4v) is 7.62. The topological polar surface area (TPSA) is 38.7 Å². The van der Waals surface area contributed by atoms with Crippen LogP contribution in [0.15, 0.2) is 60.7 Å². The van der Waals surface area contributed by atoms with Gasteiger partial charge in [0.1, 0.15) is 0 Å². The number of rotatable bonds is 11. The van der Waals surface area contributed by atoms with Crippen LogP contribution in [0.25, 0.3) is 0 Å². The lowest BCUT2D eigenvalue weighted by Gasteiger charge is -2.42. The predicted molar refractivity (Wildman–Crippen MR) is 120 cm³/mol. The maximum atomic E-state index is 12.2. The van der Waals surface area contributed by atoms with E-state index in [1.165, 1.54) is 0 Å². The molecule has 0 bridgehead atoms. The molecule has 1 N–H and O–H groups in total. The van der Waals surface area contributed by atoms with E-state index in [9.17, 15) is 4.80 Å². The molecule has 0 saturated carbocycles. The van der Waals surface area contributed by atoms with Crippen LogP contribution in [0, 0.1) is 0 Å². The van der Waals surface area contributed by atoms with Crippen molar-refractivity contribution in [2.24, 2.45) is 0 Å². The van der Waals surface area contributed by atoms with Gasteiger partial charge in [-0.3, -0.25) is 0 Å². The third kappa shape index (κ3) is 5.12. The normalized spacial score (nSPS) is 14.6. The molecule has 0 aromatic heterocycles. The summed E-state index contributed by atoms with van der Waals surface area (Å²) in [6.07, 6.45) is 2.78. The van der Waals surface area contributed by atoms with Gasteiger partial charge in [0, 0.05) is 13.7 Å². The Balaban J connectivity index is 2.33. The molecule has 28 heavy (non-hydrogen) atoms. The first-order valence-corrected chi connectivity index (χ1v) is 12.3. The summed E-state index contributed by atoms with van der Waals surface area (Å²) in [6.45, 7) is 9.32. The minimum atomic E-state index is -2.97. The second-order valence-electron chi connectivity index (χ2n) is 8.22. The largest absolute Gasteiger partial charge is 0.424 e. The van der Waals surface area contributed by atoms with E-state index in [4.69, 9.17) is 9.47 Å². The summed E-state index contributed by atoms with van der Waals surface area (Å²) in [5.74, 6) is 0. The predicted octanol–water partition coefficient (Wildman–Crippen LogP) is 4.13. The first-order chi connectivity index (χ1) is 13.4. The summed E-state index contributed by atoms with van der Waals surface area (Å²) in [4.78, 5) is 12.2. The van der Waals surface area contributed by atoms with Crippen molar-refractivity contribution >= 4 is 18.7 Å². The molecule has 0 aliphatic carbocycles. The van der Waals surface area contributed by atoms with Gasteiger partial charge in [0.2, 0.25) is 0 Å². The lowest BCUT2D eigenvalue weighted by atomic mass is 10.0. The van der Waals surface area contributed by atoms with E-state index < -0.39 is 8.32 Å². The smallest absolute Gasteiger partial charge is 0.258 e. The average molecular weight is 401 g/mol. The van der Waals surface area contributed by atoms with E-state index in [1.54, 1.807) is 7.11 Å². The third-order valence-corrected chi connectivity index (χ3v) is 10.4. The molecule has 2 rings (SSSR count). The number of hydrogen-bond donors (Lipinski definition) is 1. The zero-order valence-corrected chi connectivity index (χ0v) is 19.0. The highest BCUT2D eigenvalue weighted by Crippen LogP contribution is 2.40. The van der Waals surface area contributed by atoms with E-state index in [1.807, 2.05) is 36.4 Å². The number of benzene rings is 2. The molecule has 0 radical (unpaired) electrons. The van der Waals surface area contributed by atoms with E-state index in [2.05, 4.69) is 52.0 Å². The van der Waals surface area contributed by atoms with Crippen LogP contribution in [0.2, 0.25) is 5.04 Å². The second-order valence-corrected chi connectivity index (χ2v) is 12.1. The summed E-state index contributed by atoms with van der Waals surface area (Å²) in [7, 11) is -1.24. The number of methoxy groups -OCH3 is 1. The van der Waals surface area contributed by atoms with Crippen molar-refractivity contribution in [2.45, 2.75) is 64.2 Å². The van der Waals surface area contributed by atoms with Crippen molar-refractivity contribution in [3.63, 3.8) is 0 Å². The lowest BCUT2D eigenvalue weighted by Crippen LogP contribution is -2.65. The first-order valence-electron chi connectivity index (χ1n) is 10.3. The molecule has 0 aliphatic heterocycles. The van der Waals surface area contributed by atoms with Gasteiger partial charge < -0.3 is 14.3 Å². The minimum absolute atomic E-state index is 0.0329. The van der Waals surface area contributed by atoms with Crippen molar-refractivity contribution in [3.8, 4) is 0 Å². The third-order valence-electron chi connectivity index (χ3n) is 5.85. The molecule has 3 nitrogen and oxygen atoms in total. The van der Waals surface area contributed by atoms with Crippen LogP contribution in [0.5, 0.6) is 0 Å². The molecule has 0 saturated heterocycles. The molecule has 0 fully saturated rings. The molecule has 0 aliphatic rings. The van der Waals surface area contributed by atoms with Crippen LogP contribution in [-0.4, -0.2) is 39.0 Å². The molecule has 0 amide bonds. The molecule has 1 unspecified atom stereocenters. The molecular weight excluding hydrogens is 364 g/mol. The fourth-order valence-electron chi connectivity index (χ4n) is 3.87. The Morgan fingerprint density at radius 2 is 1.46 bits per heavy atom. The zero-order valence-electron chi connectivity index (χ0n) is 18.0. The van der Waals surface area contributed by atoms with Crippen LogP contribution in [0.1, 0.15) is 47.0 Å². The molecular formula is C24H36O3Si. The van der Waals surface area contributed by atoms with Gasteiger partial charge >= 0.3 is 0 Å². The molecule has 0 spiro atoms. The Morgan fingerprint density at radius 1 is 0.964 bits per heavy atom. The summed E-state index contributed by atoms with van der Waals surface area (Å²) in [5.41, 5.74) is 0. The van der Waals surface area contributed by atoms with E-state index >= 15 is 0 Å². The summed E-state index contributed by atoms with van der Waals surface area (Å²) < 4.78 is 11.6. The summed E-state index contributed by atoms with van der Waals surface area (Å²) in [6, 6.07) is 20.4. The second kappa shape index (κ2) is 10.4. The SMILES string of the molecule is CCCOC(CCC(C)(C)[Si](O)(c1ccccc1)c1ccccc1)[C@H](C)OC. The standard InChI is InChI=1S/C24H36O3Si/c1-6-19-27-23(20(2)26-5)17-18-24(3,4)28(25,21-13-9-7-10-14-21)22-15-11-8-12-16-22/h7-16,20,23,25H,6,17-19H2,1-5H3/t20-,23?/m0/s1. The van der Waals surface area contributed by atoms with Crippen LogP contribution in [-0.2, 0) is 9.47 Å². The molecule has 2 aromatic rings. The van der Waals surface area contributed by atoms with Crippen molar-refractivity contribution in [1.29, 1.82) is 0 Å². The lowest BCUT2D eigenvalue weighted by molar-refractivity contribution is -0.0534. The summed E-state index contributed by atoms with van der Waals surface area (Å²) in [5, 5.41) is 1.84. The van der Waals surface area contributed by atoms with Gasteiger partial charge in [-0.1, -0.05) is 81.4 Å². The van der Waals surface area contributed by atoms with E-state index in [-0.39, 0.29) is 17.2 Å². The Labute approximate surface area is 171 Å². The van der Waals surface area contributed by atoms with Crippen molar-refractivity contribution in [3.05, 3.63) is 60.7 Å². The minimum Gasteiger partial charge on any atom is -0.424 e. The first kappa shape index (κ1) is 22.8. The van der Waals surface area contributed by atoms with Crippen molar-refractivity contribution < 1.29 is 14.3 Å². The van der Waals surface area contributed by atoms with E-state index in [0.717, 1.165) is 36.2 Å². The van der Waals surface area contributed by atoms with Gasteiger partial charge in [-0.05, 0) is 41.6 Å². The Bertz CT molecular complexity index is 648. The van der Waals surface area contributed by atoms with Gasteiger partial charge in [0.05, 0.1) is 12.2 Å². The molecule has 2 atom stereocenters. The quantitative estimate of drug-likeness (QED) is 0.577. The maximum absolute atomic E-state index is 12.2. The van der Waals surface area contributed by atoms with Crippen LogP contribution in [0.4, 0.5) is 0 Å². The van der Waals surface area contributed by atoms with Gasteiger partial charge in [-0.25, -0.2) is 0 Å². The highest BCUT2D eigenvalue weighted by Gasteiger charge is 2.49. The number of ether oxygens (including phenoxy) is 2. The van der Waals surface area contributed by atoms with E-state index in [0.29, 0.717) is 0 Å². The molecule has 154 valence electrons. The highest BCUT2D eigenvalue weighted by molar-refractivity contribution is 6.98. The fraction of sp³-hybridized carbons (Fsp3) is 0.500. The Hall–Kier alpha value is -1.46. The molecule has 0 heterocycles. The van der Waals surface area contributed by atoms with Crippen LogP contribution >= 0.6 is 0 Å². The maximum Gasteiger partial charge on any atom is 0.258 e. The summed E-state index contributed by atoms with van der Waals surface area (Å²) >= 11 is 0. The highest BCUT2D eigenvalue weighted by atomic mass is 28.4. The zero-order chi connectivity index (χ0) is 20.6. The van der Waals surface area contributed by atoms with Crippen LogP contribution in [0.3, 0.4) is 0 Å². The Morgan fingerprint density at radius 3 is 1.89 bits per heavy atom. The van der Waals surface area contributed by atoms with Gasteiger partial charge in [-0.2, -0.15) is 0 Å². The van der Waals surface area contributed by atoms with Crippen LogP contribution < -0.4 is 10.4 Å². The van der Waals surface area contributed by atoms with Crippen molar-refractivity contribution in [2.75, 3.05) is 13.7 Å². The van der Waals surface area contributed by atoms with Gasteiger partial charge in [0.15, 0.2) is 0 Å². The van der Waals surface area contributed by atoms with Crippen molar-refractivity contribution in [1.82, 2.24) is 0 Å². The molecule has 2 aromatic carbocycles. The number of hydrogen-bond acceptors (Lipinski definition) is 3. The van der Waals surface area contributed by atoms with Gasteiger partial charge in [0.25, 0.3) is 8.32 Å². The molecule has 4 heteroatoms. The average Bonchev–Trinajstić information content (AvgIpc) is 2.73. The monoisotopic (exact) mass is 400 g/mol. The van der Waals surface area contributed by atoms with Gasteiger partial charge in [-0.15, -0.1) is 0 Å².